The van der Waals surface area contributed by atoms with Crippen molar-refractivity contribution in [3.8, 4) is 17.0 Å². The number of non-ortho nitro benzene ring substituents is 1. The predicted octanol–water partition coefficient (Wildman–Crippen LogP) is 2.90. The molecule has 0 saturated carbocycles. The molecule has 2 aromatic carbocycles. The number of methoxy groups -OCH3 is 1. The van der Waals surface area contributed by atoms with E-state index < -0.39 is 4.92 Å². The molecule has 1 heterocycles. The number of ketones is 1. The van der Waals surface area contributed by atoms with Gasteiger partial charge in [0.25, 0.3) is 11.2 Å². The minimum Gasteiger partial charge on any atom is -0.497 e. The number of nitrogens with two attached hydrogens (primary N) is 1. The van der Waals surface area contributed by atoms with Crippen LogP contribution in [0.2, 0.25) is 0 Å². The average molecular weight is 416 g/mol. The molecule has 2 N–H and O–H groups in total. The first-order valence-electron chi connectivity index (χ1n) is 8.76. The highest BCUT2D eigenvalue weighted by atomic mass is 35.5. The van der Waals surface area contributed by atoms with Gasteiger partial charge in [-0.2, -0.15) is 0 Å². The maximum atomic E-state index is 13.2. The van der Waals surface area contributed by atoms with Crippen LogP contribution in [0.4, 0.5) is 5.69 Å². The van der Waals surface area contributed by atoms with Crippen molar-refractivity contribution >= 4 is 34.7 Å². The number of carbonyl (C=O) groups excluding carboxylic acids is 1. The number of nitrogens with zero attached hydrogens (tertiary/aromatic N) is 2. The Labute approximate surface area is 171 Å². The van der Waals surface area contributed by atoms with Gasteiger partial charge in [0.1, 0.15) is 5.75 Å². The molecule has 1 aromatic heterocycles. The van der Waals surface area contributed by atoms with Crippen molar-refractivity contribution in [2.24, 2.45) is 5.73 Å². The van der Waals surface area contributed by atoms with Crippen LogP contribution in [0.5, 0.6) is 5.75 Å². The molecule has 0 unspecified atom stereocenters. The van der Waals surface area contributed by atoms with E-state index in [0.29, 0.717) is 53.0 Å². The summed E-state index contributed by atoms with van der Waals surface area (Å²) in [6.07, 6.45) is 0.528. The molecule has 9 heteroatoms. The molecule has 150 valence electrons. The van der Waals surface area contributed by atoms with Crippen molar-refractivity contribution in [2.45, 2.75) is 13.0 Å². The smallest absolute Gasteiger partial charge is 0.270 e. The summed E-state index contributed by atoms with van der Waals surface area (Å²) < 4.78 is 6.77. The van der Waals surface area contributed by atoms with Crippen LogP contribution in [0, 0.1) is 10.1 Å². The zero-order valence-corrected chi connectivity index (χ0v) is 16.3. The van der Waals surface area contributed by atoms with E-state index in [9.17, 15) is 19.7 Å². The summed E-state index contributed by atoms with van der Waals surface area (Å²) in [5.41, 5.74) is 7.03. The van der Waals surface area contributed by atoms with Crippen molar-refractivity contribution in [3.05, 3.63) is 68.0 Å². The first-order valence-corrected chi connectivity index (χ1v) is 8.76. The van der Waals surface area contributed by atoms with Crippen molar-refractivity contribution in [1.82, 2.24) is 4.57 Å². The average Bonchev–Trinajstić information content (AvgIpc) is 2.99. The van der Waals surface area contributed by atoms with Gasteiger partial charge < -0.3 is 15.0 Å². The fourth-order valence-corrected chi connectivity index (χ4v) is 3.70. The molecular formula is C20H18ClN3O5. The van der Waals surface area contributed by atoms with Crippen molar-refractivity contribution in [2.75, 3.05) is 13.7 Å². The van der Waals surface area contributed by atoms with Crippen LogP contribution in [0.15, 0.2) is 41.2 Å². The third-order valence-electron chi connectivity index (χ3n) is 5.00. The Kier molecular flexibility index (Phi) is 5.41. The van der Waals surface area contributed by atoms with Gasteiger partial charge in [-0.25, -0.2) is 0 Å². The predicted molar refractivity (Wildman–Crippen MR) is 111 cm³/mol. The molecule has 0 spiro atoms. The first-order chi connectivity index (χ1) is 13.5. The fraction of sp³-hybridized carbons (Fsp3) is 0.200. The van der Waals surface area contributed by atoms with Gasteiger partial charge in [0.15, 0.2) is 5.78 Å². The number of halogens is 1. The molecule has 1 aliphatic rings. The second-order valence-corrected chi connectivity index (χ2v) is 6.55. The number of nitro groups is 1. The molecule has 0 radical (unpaired) electrons. The monoisotopic (exact) mass is 415 g/mol. The Morgan fingerprint density at radius 1 is 1.10 bits per heavy atom. The van der Waals surface area contributed by atoms with Gasteiger partial charge in [-0.1, -0.05) is 0 Å². The second-order valence-electron chi connectivity index (χ2n) is 6.55. The minimum absolute atomic E-state index is 0. The Morgan fingerprint density at radius 3 is 2.52 bits per heavy atom. The van der Waals surface area contributed by atoms with E-state index in [2.05, 4.69) is 0 Å². The van der Waals surface area contributed by atoms with E-state index in [0.717, 1.165) is 0 Å². The number of ether oxygens (including phenoxy) is 1. The summed E-state index contributed by atoms with van der Waals surface area (Å²) in [7, 11) is 1.53. The lowest BCUT2D eigenvalue weighted by molar-refractivity contribution is -0.384. The molecule has 8 nitrogen and oxygen atoms in total. The van der Waals surface area contributed by atoms with Crippen molar-refractivity contribution in [1.29, 1.82) is 0 Å². The molecule has 0 amide bonds. The summed E-state index contributed by atoms with van der Waals surface area (Å²) >= 11 is 0. The highest BCUT2D eigenvalue weighted by Crippen LogP contribution is 2.41. The molecule has 0 atom stereocenters. The molecule has 1 aliphatic carbocycles. The van der Waals surface area contributed by atoms with Gasteiger partial charge in [0.05, 0.1) is 28.7 Å². The Morgan fingerprint density at radius 2 is 1.86 bits per heavy atom. The van der Waals surface area contributed by atoms with Crippen LogP contribution in [0.3, 0.4) is 0 Å². The molecular weight excluding hydrogens is 398 g/mol. The topological polar surface area (TPSA) is 117 Å². The van der Waals surface area contributed by atoms with E-state index >= 15 is 0 Å². The van der Waals surface area contributed by atoms with Crippen LogP contribution in [-0.2, 0) is 6.54 Å². The minimum atomic E-state index is -0.558. The third-order valence-corrected chi connectivity index (χ3v) is 5.00. The zero-order chi connectivity index (χ0) is 20.0. The number of benzene rings is 2. The first kappa shape index (κ1) is 20.5. The van der Waals surface area contributed by atoms with E-state index in [1.165, 1.54) is 29.9 Å². The standard InChI is InChI=1S/C20H17N3O5.ClH/c1-28-12-4-6-14-15(10-12)18-17(19(14)24)13-5-3-11(23(26)27)9-16(13)20(25)22(18)8-2-7-21;/h3-6,9-10H,2,7-8,21H2,1H3;1H. The Hall–Kier alpha value is -3.23. The van der Waals surface area contributed by atoms with E-state index in [1.807, 2.05) is 0 Å². The maximum Gasteiger partial charge on any atom is 0.270 e. The highest BCUT2D eigenvalue weighted by Gasteiger charge is 2.33. The molecule has 0 saturated heterocycles. The fourth-order valence-electron chi connectivity index (χ4n) is 3.70. The SMILES string of the molecule is COc1ccc2c(c1)-c1c(c3ccc([N+](=O)[O-])cc3c(=O)n1CCCN)C2=O.Cl. The van der Waals surface area contributed by atoms with Crippen LogP contribution in [0.25, 0.3) is 22.0 Å². The van der Waals surface area contributed by atoms with E-state index in [4.69, 9.17) is 10.5 Å². The number of hydrogen-bond donors (Lipinski definition) is 1. The Balaban J connectivity index is 0.00000240. The number of fused-ring (bicyclic) bond motifs is 5. The molecule has 29 heavy (non-hydrogen) atoms. The van der Waals surface area contributed by atoms with E-state index in [1.54, 1.807) is 18.2 Å². The lowest BCUT2D eigenvalue weighted by Gasteiger charge is -2.15. The second kappa shape index (κ2) is 7.65. The van der Waals surface area contributed by atoms with Crippen LogP contribution < -0.4 is 16.0 Å². The van der Waals surface area contributed by atoms with Gasteiger partial charge in [-0.15, -0.1) is 12.4 Å². The zero-order valence-electron chi connectivity index (χ0n) is 15.5. The number of hydrogen-bond acceptors (Lipinski definition) is 6. The van der Waals surface area contributed by atoms with Crippen LogP contribution in [-0.4, -0.2) is 28.9 Å². The molecule has 0 fully saturated rings. The van der Waals surface area contributed by atoms with Crippen molar-refractivity contribution < 1.29 is 14.5 Å². The van der Waals surface area contributed by atoms with Crippen LogP contribution >= 0.6 is 12.4 Å². The lowest BCUT2D eigenvalue weighted by atomic mass is 10.0. The van der Waals surface area contributed by atoms with Crippen LogP contribution in [0.1, 0.15) is 22.3 Å². The summed E-state index contributed by atoms with van der Waals surface area (Å²) in [6.45, 7) is 0.674. The third kappa shape index (κ3) is 3.06. The van der Waals surface area contributed by atoms with Gasteiger partial charge in [-0.3, -0.25) is 19.7 Å². The lowest BCUT2D eigenvalue weighted by Crippen LogP contribution is -2.24. The Bertz CT molecular complexity index is 1220. The number of rotatable bonds is 5. The van der Waals surface area contributed by atoms with E-state index in [-0.39, 0.29) is 34.8 Å². The summed E-state index contributed by atoms with van der Waals surface area (Å²) in [4.78, 5) is 36.9. The number of carbonyl (C=O) groups is 1. The summed E-state index contributed by atoms with van der Waals surface area (Å²) in [5, 5.41) is 11.7. The largest absolute Gasteiger partial charge is 0.497 e. The van der Waals surface area contributed by atoms with Crippen molar-refractivity contribution in [3.63, 3.8) is 0 Å². The molecule has 0 bridgehead atoms. The summed E-state index contributed by atoms with van der Waals surface area (Å²) in [5.74, 6) is 0.356. The number of aromatic nitrogens is 1. The quantitative estimate of drug-likeness (QED) is 0.395. The summed E-state index contributed by atoms with van der Waals surface area (Å²) in [6, 6.07) is 9.11. The van der Waals surface area contributed by atoms with Gasteiger partial charge in [0.2, 0.25) is 0 Å². The molecule has 3 aromatic rings. The number of pyridine rings is 1. The van der Waals surface area contributed by atoms with Gasteiger partial charge in [0, 0.05) is 35.2 Å². The molecule has 4 rings (SSSR count). The van der Waals surface area contributed by atoms with Gasteiger partial charge >= 0.3 is 0 Å². The normalized spacial score (nSPS) is 11.7. The van der Waals surface area contributed by atoms with Gasteiger partial charge in [-0.05, 0) is 37.2 Å². The molecule has 0 aliphatic heterocycles. The number of nitro benzene ring substituents is 1. The maximum absolute atomic E-state index is 13.2. The highest BCUT2D eigenvalue weighted by molar-refractivity contribution is 6.26.